The number of carbonyl (C=O) groups is 2. The number of rotatable bonds is 5. The number of hydrogen-bond donors (Lipinski definition) is 1. The Hall–Kier alpha value is -3.86. The van der Waals surface area contributed by atoms with Gasteiger partial charge in [0.25, 0.3) is 5.91 Å². The number of nitrogens with zero attached hydrogens (tertiary/aromatic N) is 1. The second-order valence-corrected chi connectivity index (χ2v) is 8.14. The average molecular weight is 425 g/mol. The molecule has 1 atom stereocenters. The number of para-hydroxylation sites is 1. The van der Waals surface area contributed by atoms with E-state index in [1.54, 1.807) is 4.90 Å². The summed E-state index contributed by atoms with van der Waals surface area (Å²) in [6.07, 6.45) is 0.148. The van der Waals surface area contributed by atoms with Crippen LogP contribution in [0.15, 0.2) is 72.8 Å². The second-order valence-electron chi connectivity index (χ2n) is 8.14. The molecule has 0 radical (unpaired) electrons. The third-order valence-electron chi connectivity index (χ3n) is 6.20. The van der Waals surface area contributed by atoms with E-state index in [1.807, 2.05) is 36.4 Å². The van der Waals surface area contributed by atoms with Crippen molar-refractivity contribution < 1.29 is 14.3 Å². The van der Waals surface area contributed by atoms with Crippen molar-refractivity contribution >= 4 is 22.8 Å². The van der Waals surface area contributed by atoms with E-state index in [0.29, 0.717) is 5.56 Å². The van der Waals surface area contributed by atoms with Gasteiger partial charge in [-0.25, -0.2) is 0 Å². The van der Waals surface area contributed by atoms with Crippen LogP contribution in [-0.4, -0.2) is 35.4 Å². The van der Waals surface area contributed by atoms with Gasteiger partial charge >= 0.3 is 5.97 Å². The molecule has 5 rings (SSSR count). The smallest absolute Gasteiger partial charge is 0.307 e. The molecule has 2 heterocycles. The first kappa shape index (κ1) is 20.1. The van der Waals surface area contributed by atoms with Gasteiger partial charge in [0.05, 0.1) is 25.3 Å². The van der Waals surface area contributed by atoms with Crippen LogP contribution in [0, 0.1) is 6.92 Å². The Morgan fingerprint density at radius 3 is 2.50 bits per heavy atom. The molecular weight excluding hydrogens is 400 g/mol. The van der Waals surface area contributed by atoms with Crippen LogP contribution in [0.25, 0.3) is 22.2 Å². The molecule has 160 valence electrons. The number of amides is 1. The molecule has 5 heteroatoms. The SMILES string of the molecule is COC(=O)CCN1C(=O)c2ccccc2[C@@H]1c1c(-c2ccc(C)cc2)[nH]c2ccccc12. The standard InChI is InChI=1S/C27H24N2O3/c1-17-11-13-18(14-12-17)25-24(21-9-5-6-10-22(21)28-25)26-19-7-3-4-8-20(19)27(31)29(26)16-15-23(30)32-2/h3-14,26,28H,15-16H2,1-2H3/t26-/m1/s1. The van der Waals surface area contributed by atoms with Crippen molar-refractivity contribution in [3.63, 3.8) is 0 Å². The normalized spacial score (nSPS) is 15.2. The van der Waals surface area contributed by atoms with E-state index in [-0.39, 0.29) is 30.9 Å². The molecule has 0 unspecified atom stereocenters. The summed E-state index contributed by atoms with van der Waals surface area (Å²) < 4.78 is 4.84. The van der Waals surface area contributed by atoms with Gasteiger partial charge in [-0.2, -0.15) is 0 Å². The summed E-state index contributed by atoms with van der Waals surface area (Å²) in [5.74, 6) is -0.389. The highest BCUT2D eigenvalue weighted by Gasteiger charge is 2.40. The van der Waals surface area contributed by atoms with Crippen molar-refractivity contribution in [2.45, 2.75) is 19.4 Å². The molecular formula is C27H24N2O3. The monoisotopic (exact) mass is 424 g/mol. The number of carbonyl (C=O) groups excluding carboxylic acids is 2. The molecule has 3 aromatic carbocycles. The molecule has 0 saturated heterocycles. The number of nitrogens with one attached hydrogen (secondary N) is 1. The van der Waals surface area contributed by atoms with Crippen LogP contribution < -0.4 is 0 Å². The first-order valence-corrected chi connectivity index (χ1v) is 10.7. The number of hydrogen-bond acceptors (Lipinski definition) is 3. The number of fused-ring (bicyclic) bond motifs is 2. The van der Waals surface area contributed by atoms with E-state index in [0.717, 1.165) is 33.3 Å². The predicted molar refractivity (Wildman–Crippen MR) is 124 cm³/mol. The molecule has 0 fully saturated rings. The zero-order chi connectivity index (χ0) is 22.2. The molecule has 1 amide bonds. The maximum absolute atomic E-state index is 13.4. The van der Waals surface area contributed by atoms with Crippen molar-refractivity contribution in [1.29, 1.82) is 0 Å². The van der Waals surface area contributed by atoms with Gasteiger partial charge in [0.2, 0.25) is 0 Å². The zero-order valence-corrected chi connectivity index (χ0v) is 18.1. The number of methoxy groups -OCH3 is 1. The van der Waals surface area contributed by atoms with Gasteiger partial charge in [0.1, 0.15) is 0 Å². The van der Waals surface area contributed by atoms with E-state index in [9.17, 15) is 9.59 Å². The summed E-state index contributed by atoms with van der Waals surface area (Å²) >= 11 is 0. The number of aromatic nitrogens is 1. The summed E-state index contributed by atoms with van der Waals surface area (Å²) in [6.45, 7) is 2.36. The highest BCUT2D eigenvalue weighted by atomic mass is 16.5. The Labute approximate surface area is 186 Å². The summed E-state index contributed by atoms with van der Waals surface area (Å²) in [6, 6.07) is 24.0. The summed E-state index contributed by atoms with van der Waals surface area (Å²) in [4.78, 5) is 30.7. The van der Waals surface area contributed by atoms with Gasteiger partial charge in [0.15, 0.2) is 0 Å². The van der Waals surface area contributed by atoms with E-state index >= 15 is 0 Å². The molecule has 4 aromatic rings. The third-order valence-corrected chi connectivity index (χ3v) is 6.20. The fourth-order valence-corrected chi connectivity index (χ4v) is 4.62. The Morgan fingerprint density at radius 2 is 1.72 bits per heavy atom. The number of benzene rings is 3. The van der Waals surface area contributed by atoms with E-state index in [4.69, 9.17) is 4.74 Å². The lowest BCUT2D eigenvalue weighted by Gasteiger charge is -2.26. The van der Waals surface area contributed by atoms with Crippen molar-refractivity contribution in [3.05, 3.63) is 95.1 Å². The molecule has 1 aromatic heterocycles. The van der Waals surface area contributed by atoms with Gasteiger partial charge in [-0.05, 0) is 30.2 Å². The minimum Gasteiger partial charge on any atom is -0.469 e. The average Bonchev–Trinajstić information content (AvgIpc) is 3.33. The largest absolute Gasteiger partial charge is 0.469 e. The van der Waals surface area contributed by atoms with Gasteiger partial charge in [-0.15, -0.1) is 0 Å². The molecule has 1 aliphatic rings. The van der Waals surface area contributed by atoms with E-state index in [1.165, 1.54) is 12.7 Å². The Balaban J connectivity index is 1.73. The highest BCUT2D eigenvalue weighted by Crippen LogP contribution is 2.45. The van der Waals surface area contributed by atoms with Gasteiger partial charge in [0, 0.05) is 28.6 Å². The van der Waals surface area contributed by atoms with Crippen LogP contribution in [-0.2, 0) is 9.53 Å². The van der Waals surface area contributed by atoms with Gasteiger partial charge in [-0.1, -0.05) is 66.2 Å². The van der Waals surface area contributed by atoms with Crippen LogP contribution in [0.5, 0.6) is 0 Å². The Kier molecular flexibility index (Phi) is 5.02. The van der Waals surface area contributed by atoms with Crippen molar-refractivity contribution in [3.8, 4) is 11.3 Å². The summed E-state index contributed by atoms with van der Waals surface area (Å²) in [5, 5.41) is 1.07. The quantitative estimate of drug-likeness (QED) is 0.445. The number of aryl methyl sites for hydroxylation is 1. The molecule has 32 heavy (non-hydrogen) atoms. The molecule has 0 aliphatic carbocycles. The maximum atomic E-state index is 13.4. The Bertz CT molecular complexity index is 1320. The zero-order valence-electron chi connectivity index (χ0n) is 18.1. The van der Waals surface area contributed by atoms with E-state index in [2.05, 4.69) is 48.3 Å². The lowest BCUT2D eigenvalue weighted by atomic mass is 9.93. The number of esters is 1. The first-order valence-electron chi connectivity index (χ1n) is 10.7. The summed E-state index contributed by atoms with van der Waals surface area (Å²) in [7, 11) is 1.37. The molecule has 1 N–H and O–H groups in total. The molecule has 0 bridgehead atoms. The first-order chi connectivity index (χ1) is 15.6. The summed E-state index contributed by atoms with van der Waals surface area (Å²) in [5.41, 5.74) is 6.95. The number of H-pyrrole nitrogens is 1. The van der Waals surface area contributed by atoms with E-state index < -0.39 is 0 Å². The maximum Gasteiger partial charge on any atom is 0.307 e. The highest BCUT2D eigenvalue weighted by molar-refractivity contribution is 6.02. The predicted octanol–water partition coefficient (Wildman–Crippen LogP) is 5.25. The van der Waals surface area contributed by atoms with Crippen molar-refractivity contribution in [1.82, 2.24) is 9.88 Å². The minimum atomic E-state index is -0.329. The molecule has 0 spiro atoms. The third kappa shape index (κ3) is 3.26. The van der Waals surface area contributed by atoms with Crippen molar-refractivity contribution in [2.75, 3.05) is 13.7 Å². The lowest BCUT2D eigenvalue weighted by Crippen LogP contribution is -2.31. The number of ether oxygens (including phenoxy) is 1. The lowest BCUT2D eigenvalue weighted by molar-refractivity contribution is -0.140. The Morgan fingerprint density at radius 1 is 1.00 bits per heavy atom. The van der Waals surface area contributed by atoms with Crippen LogP contribution in [0.2, 0.25) is 0 Å². The van der Waals surface area contributed by atoms with Crippen LogP contribution in [0.1, 0.15) is 39.5 Å². The molecule has 1 aliphatic heterocycles. The second kappa shape index (κ2) is 8.00. The van der Waals surface area contributed by atoms with Gasteiger partial charge < -0.3 is 14.6 Å². The van der Waals surface area contributed by atoms with Gasteiger partial charge in [-0.3, -0.25) is 9.59 Å². The topological polar surface area (TPSA) is 62.4 Å². The molecule has 5 nitrogen and oxygen atoms in total. The molecule has 0 saturated carbocycles. The minimum absolute atomic E-state index is 0.0605. The van der Waals surface area contributed by atoms with Crippen LogP contribution in [0.3, 0.4) is 0 Å². The fraction of sp³-hybridized carbons (Fsp3) is 0.185. The van der Waals surface area contributed by atoms with Crippen molar-refractivity contribution in [2.24, 2.45) is 0 Å². The van der Waals surface area contributed by atoms with Crippen LogP contribution in [0.4, 0.5) is 0 Å². The fourth-order valence-electron chi connectivity index (χ4n) is 4.62. The number of aromatic amines is 1. The van der Waals surface area contributed by atoms with Crippen LogP contribution >= 0.6 is 0 Å².